The van der Waals surface area contributed by atoms with Crippen molar-refractivity contribution >= 4 is 5.97 Å². The van der Waals surface area contributed by atoms with Crippen LogP contribution in [0.4, 0.5) is 0 Å². The van der Waals surface area contributed by atoms with Crippen molar-refractivity contribution in [2.75, 3.05) is 14.2 Å². The average molecular weight is 293 g/mol. The summed E-state index contributed by atoms with van der Waals surface area (Å²) in [5.74, 6) is 0.664. The summed E-state index contributed by atoms with van der Waals surface area (Å²) in [5, 5.41) is 3.45. The summed E-state index contributed by atoms with van der Waals surface area (Å²) >= 11 is 0. The normalized spacial score (nSPS) is 12.8. The van der Waals surface area contributed by atoms with E-state index in [1.807, 2.05) is 24.3 Å². The van der Waals surface area contributed by atoms with E-state index in [9.17, 15) is 4.79 Å². The molecule has 118 valence electrons. The lowest BCUT2D eigenvalue weighted by atomic mass is 9.87. The van der Waals surface area contributed by atoms with Gasteiger partial charge in [-0.3, -0.25) is 4.79 Å². The van der Waals surface area contributed by atoms with Gasteiger partial charge in [0.15, 0.2) is 0 Å². The molecule has 4 heteroatoms. The number of rotatable bonds is 7. The standard InChI is InChI=1S/C17H27NO3/c1-17(2,3)11-14(10-16(19)21-5)18-12-13-7-6-8-15(9-13)20-4/h6-9,14,18H,10-12H2,1-5H3. The van der Waals surface area contributed by atoms with Gasteiger partial charge >= 0.3 is 5.97 Å². The van der Waals surface area contributed by atoms with E-state index in [1.54, 1.807) is 7.11 Å². The Morgan fingerprint density at radius 1 is 1.29 bits per heavy atom. The molecule has 1 aromatic carbocycles. The quantitative estimate of drug-likeness (QED) is 0.785. The zero-order valence-electron chi connectivity index (χ0n) is 13.7. The van der Waals surface area contributed by atoms with E-state index in [0.717, 1.165) is 17.7 Å². The third kappa shape index (κ3) is 7.14. The Labute approximate surface area is 127 Å². The fourth-order valence-electron chi connectivity index (χ4n) is 2.28. The van der Waals surface area contributed by atoms with Crippen LogP contribution in [0.2, 0.25) is 0 Å². The maximum atomic E-state index is 11.5. The molecule has 0 saturated heterocycles. The molecule has 0 aliphatic rings. The molecule has 0 aliphatic heterocycles. The first kappa shape index (κ1) is 17.5. The molecule has 0 radical (unpaired) electrons. The smallest absolute Gasteiger partial charge is 0.307 e. The molecule has 0 amide bonds. The highest BCUT2D eigenvalue weighted by atomic mass is 16.5. The van der Waals surface area contributed by atoms with Crippen LogP contribution in [0.5, 0.6) is 5.75 Å². The van der Waals surface area contributed by atoms with Crippen LogP contribution in [-0.4, -0.2) is 26.2 Å². The molecule has 0 aromatic heterocycles. The Bertz CT molecular complexity index is 452. The Balaban J connectivity index is 2.64. The SMILES string of the molecule is COC(=O)CC(CC(C)(C)C)NCc1cccc(OC)c1. The Kier molecular flexibility index (Phi) is 6.69. The number of carbonyl (C=O) groups is 1. The number of benzene rings is 1. The Morgan fingerprint density at radius 2 is 2.00 bits per heavy atom. The summed E-state index contributed by atoms with van der Waals surface area (Å²) < 4.78 is 10.0. The van der Waals surface area contributed by atoms with Crippen molar-refractivity contribution in [2.24, 2.45) is 5.41 Å². The molecule has 0 bridgehead atoms. The molecule has 1 atom stereocenters. The van der Waals surface area contributed by atoms with Crippen molar-refractivity contribution in [3.8, 4) is 5.75 Å². The third-order valence-corrected chi connectivity index (χ3v) is 3.23. The largest absolute Gasteiger partial charge is 0.497 e. The Morgan fingerprint density at radius 3 is 2.57 bits per heavy atom. The highest BCUT2D eigenvalue weighted by Crippen LogP contribution is 2.23. The molecular formula is C17H27NO3. The molecule has 0 saturated carbocycles. The van der Waals surface area contributed by atoms with Gasteiger partial charge in [-0.25, -0.2) is 0 Å². The molecule has 21 heavy (non-hydrogen) atoms. The van der Waals surface area contributed by atoms with Crippen molar-refractivity contribution in [2.45, 2.75) is 46.2 Å². The molecule has 4 nitrogen and oxygen atoms in total. The fourth-order valence-corrected chi connectivity index (χ4v) is 2.28. The second-order valence-corrected chi connectivity index (χ2v) is 6.47. The first-order chi connectivity index (χ1) is 9.84. The first-order valence-electron chi connectivity index (χ1n) is 7.27. The van der Waals surface area contributed by atoms with Gasteiger partial charge in [0.2, 0.25) is 0 Å². The van der Waals surface area contributed by atoms with Crippen LogP contribution in [0.15, 0.2) is 24.3 Å². The van der Waals surface area contributed by atoms with E-state index in [1.165, 1.54) is 7.11 Å². The van der Waals surface area contributed by atoms with Crippen LogP contribution in [0.25, 0.3) is 0 Å². The van der Waals surface area contributed by atoms with Crippen molar-refractivity contribution in [1.82, 2.24) is 5.32 Å². The number of hydrogen-bond acceptors (Lipinski definition) is 4. The van der Waals surface area contributed by atoms with Gasteiger partial charge in [0.1, 0.15) is 5.75 Å². The minimum atomic E-state index is -0.178. The van der Waals surface area contributed by atoms with Gasteiger partial charge in [0.25, 0.3) is 0 Å². The first-order valence-corrected chi connectivity index (χ1v) is 7.27. The van der Waals surface area contributed by atoms with Crippen molar-refractivity contribution < 1.29 is 14.3 Å². The van der Waals surface area contributed by atoms with E-state index < -0.39 is 0 Å². The lowest BCUT2D eigenvalue weighted by Crippen LogP contribution is -2.34. The van der Waals surface area contributed by atoms with Gasteiger partial charge in [0.05, 0.1) is 20.6 Å². The van der Waals surface area contributed by atoms with Gasteiger partial charge in [-0.1, -0.05) is 32.9 Å². The van der Waals surface area contributed by atoms with Crippen molar-refractivity contribution in [1.29, 1.82) is 0 Å². The maximum absolute atomic E-state index is 11.5. The summed E-state index contributed by atoms with van der Waals surface area (Å²) in [6.45, 7) is 7.22. The van der Waals surface area contributed by atoms with Crippen LogP contribution in [-0.2, 0) is 16.1 Å². The van der Waals surface area contributed by atoms with E-state index in [2.05, 4.69) is 26.1 Å². The van der Waals surface area contributed by atoms with Crippen LogP contribution < -0.4 is 10.1 Å². The maximum Gasteiger partial charge on any atom is 0.307 e. The minimum absolute atomic E-state index is 0.101. The molecule has 1 rings (SSSR count). The number of carbonyl (C=O) groups excluding carboxylic acids is 1. The highest BCUT2D eigenvalue weighted by Gasteiger charge is 2.21. The molecular weight excluding hydrogens is 266 g/mol. The van der Waals surface area contributed by atoms with E-state index >= 15 is 0 Å². The van der Waals surface area contributed by atoms with Crippen LogP contribution in [0.1, 0.15) is 39.2 Å². The molecule has 1 N–H and O–H groups in total. The lowest BCUT2D eigenvalue weighted by Gasteiger charge is -2.26. The summed E-state index contributed by atoms with van der Waals surface area (Å²) in [7, 11) is 3.09. The lowest BCUT2D eigenvalue weighted by molar-refractivity contribution is -0.141. The van der Waals surface area contributed by atoms with Crippen molar-refractivity contribution in [3.63, 3.8) is 0 Å². The molecule has 0 aliphatic carbocycles. The van der Waals surface area contributed by atoms with E-state index in [4.69, 9.17) is 9.47 Å². The predicted octanol–water partition coefficient (Wildman–Crippen LogP) is 3.15. The third-order valence-electron chi connectivity index (χ3n) is 3.23. The highest BCUT2D eigenvalue weighted by molar-refractivity contribution is 5.69. The van der Waals surface area contributed by atoms with Gasteiger partial charge in [0, 0.05) is 12.6 Å². The molecule has 1 aromatic rings. The Hall–Kier alpha value is -1.55. The second-order valence-electron chi connectivity index (χ2n) is 6.47. The molecule has 0 heterocycles. The van der Waals surface area contributed by atoms with Crippen LogP contribution in [0, 0.1) is 5.41 Å². The summed E-state index contributed by atoms with van der Waals surface area (Å²) in [4.78, 5) is 11.5. The summed E-state index contributed by atoms with van der Waals surface area (Å²) in [5.41, 5.74) is 1.29. The number of nitrogens with one attached hydrogen (secondary N) is 1. The van der Waals surface area contributed by atoms with E-state index in [-0.39, 0.29) is 17.4 Å². The number of hydrogen-bond donors (Lipinski definition) is 1. The zero-order chi connectivity index (χ0) is 15.9. The van der Waals surface area contributed by atoms with Gasteiger partial charge in [-0.05, 0) is 29.5 Å². The molecule has 1 unspecified atom stereocenters. The van der Waals surface area contributed by atoms with Gasteiger partial charge < -0.3 is 14.8 Å². The predicted molar refractivity (Wildman–Crippen MR) is 84.3 cm³/mol. The summed E-state index contributed by atoms with van der Waals surface area (Å²) in [6.07, 6.45) is 1.30. The van der Waals surface area contributed by atoms with Crippen LogP contribution in [0.3, 0.4) is 0 Å². The number of ether oxygens (including phenoxy) is 2. The number of methoxy groups -OCH3 is 2. The topological polar surface area (TPSA) is 47.6 Å². The zero-order valence-corrected chi connectivity index (χ0v) is 13.7. The van der Waals surface area contributed by atoms with Gasteiger partial charge in [-0.2, -0.15) is 0 Å². The fraction of sp³-hybridized carbons (Fsp3) is 0.588. The average Bonchev–Trinajstić information content (AvgIpc) is 2.43. The second kappa shape index (κ2) is 8.03. The van der Waals surface area contributed by atoms with E-state index in [0.29, 0.717) is 13.0 Å². The number of esters is 1. The van der Waals surface area contributed by atoms with Gasteiger partial charge in [-0.15, -0.1) is 0 Å². The summed E-state index contributed by atoms with van der Waals surface area (Å²) in [6, 6.07) is 8.03. The minimum Gasteiger partial charge on any atom is -0.497 e. The monoisotopic (exact) mass is 293 g/mol. The van der Waals surface area contributed by atoms with Crippen LogP contribution >= 0.6 is 0 Å². The van der Waals surface area contributed by atoms with Crippen molar-refractivity contribution in [3.05, 3.63) is 29.8 Å². The molecule has 0 fully saturated rings. The molecule has 0 spiro atoms.